The predicted molar refractivity (Wildman–Crippen MR) is 138 cm³/mol. The van der Waals surface area contributed by atoms with E-state index >= 15 is 0 Å². The van der Waals surface area contributed by atoms with Crippen LogP contribution in [0.1, 0.15) is 175 Å². The van der Waals surface area contributed by atoms with E-state index in [4.69, 9.17) is 4.74 Å². The molecule has 0 aliphatic rings. The number of rotatable bonds is 25. The first-order valence-electron chi connectivity index (χ1n) is 14.4. The van der Waals surface area contributed by atoms with Crippen molar-refractivity contribution in [3.63, 3.8) is 0 Å². The van der Waals surface area contributed by atoms with Crippen LogP contribution in [0.4, 0.5) is 0 Å². The second-order valence-electron chi connectivity index (χ2n) is 9.80. The third-order valence-electron chi connectivity index (χ3n) is 6.54. The monoisotopic (exact) mass is 438 g/mol. The summed E-state index contributed by atoms with van der Waals surface area (Å²) in [5, 5.41) is 0. The molecule has 0 amide bonds. The molecule has 1 unspecified atom stereocenters. The van der Waals surface area contributed by atoms with Crippen LogP contribution in [0.5, 0.6) is 0 Å². The first kappa shape index (κ1) is 30.5. The van der Waals surface area contributed by atoms with Gasteiger partial charge in [-0.25, -0.2) is 0 Å². The Morgan fingerprint density at radius 2 is 0.806 bits per heavy atom. The molecule has 0 N–H and O–H groups in total. The highest BCUT2D eigenvalue weighted by atomic mass is 16.5. The minimum Gasteiger partial charge on any atom is -0.462 e. The molecule has 0 radical (unpaired) electrons. The maximum Gasteiger partial charge on any atom is 0.306 e. The van der Waals surface area contributed by atoms with Crippen molar-refractivity contribution in [1.29, 1.82) is 0 Å². The molecule has 0 spiro atoms. The van der Waals surface area contributed by atoms with Crippen molar-refractivity contribution in [1.82, 2.24) is 0 Å². The number of carbonyl (C=O) groups excluding carboxylic acids is 1. The summed E-state index contributed by atoms with van der Waals surface area (Å²) in [6.45, 7) is 6.79. The van der Waals surface area contributed by atoms with Crippen molar-refractivity contribution in [3.8, 4) is 0 Å². The fourth-order valence-corrected chi connectivity index (χ4v) is 4.39. The molecule has 0 bridgehead atoms. The molecule has 186 valence electrons. The van der Waals surface area contributed by atoms with Gasteiger partial charge in [0, 0.05) is 6.42 Å². The molecule has 2 heteroatoms. The second kappa shape index (κ2) is 25.7. The lowest BCUT2D eigenvalue weighted by atomic mass is 10.0. The number of esters is 1. The summed E-state index contributed by atoms with van der Waals surface area (Å²) in [6, 6.07) is 0. The summed E-state index contributed by atoms with van der Waals surface area (Å²) in [6.07, 6.45) is 30.4. The summed E-state index contributed by atoms with van der Waals surface area (Å²) in [5.74, 6) is 0.0578. The van der Waals surface area contributed by atoms with E-state index < -0.39 is 0 Å². The summed E-state index contributed by atoms with van der Waals surface area (Å²) < 4.78 is 5.94. The number of ether oxygens (including phenoxy) is 1. The van der Waals surface area contributed by atoms with Gasteiger partial charge in [0.05, 0.1) is 0 Å². The van der Waals surface area contributed by atoms with Crippen molar-refractivity contribution in [2.45, 2.75) is 181 Å². The highest BCUT2D eigenvalue weighted by Crippen LogP contribution is 2.18. The zero-order valence-electron chi connectivity index (χ0n) is 21.9. The Balaban J connectivity index is 3.99. The summed E-state index contributed by atoms with van der Waals surface area (Å²) in [4.78, 5) is 12.4. The van der Waals surface area contributed by atoms with Crippen LogP contribution in [-0.4, -0.2) is 12.1 Å². The number of hydrogen-bond donors (Lipinski definition) is 0. The van der Waals surface area contributed by atoms with Gasteiger partial charge in [0.1, 0.15) is 6.10 Å². The van der Waals surface area contributed by atoms with Gasteiger partial charge in [0.2, 0.25) is 0 Å². The van der Waals surface area contributed by atoms with Crippen molar-refractivity contribution in [2.75, 3.05) is 0 Å². The van der Waals surface area contributed by atoms with E-state index in [-0.39, 0.29) is 12.1 Å². The van der Waals surface area contributed by atoms with Gasteiger partial charge in [-0.05, 0) is 32.1 Å². The van der Waals surface area contributed by atoms with Gasteiger partial charge in [-0.2, -0.15) is 0 Å². The summed E-state index contributed by atoms with van der Waals surface area (Å²) >= 11 is 0. The van der Waals surface area contributed by atoms with Gasteiger partial charge in [-0.3, -0.25) is 4.79 Å². The fraction of sp³-hybridized carbons (Fsp3) is 0.966. The van der Waals surface area contributed by atoms with Crippen LogP contribution in [0.25, 0.3) is 0 Å². The first-order valence-corrected chi connectivity index (χ1v) is 14.4. The maximum atomic E-state index is 12.4. The van der Waals surface area contributed by atoms with Gasteiger partial charge in [-0.15, -0.1) is 0 Å². The largest absolute Gasteiger partial charge is 0.462 e. The van der Waals surface area contributed by atoms with E-state index in [2.05, 4.69) is 20.8 Å². The average molecular weight is 439 g/mol. The molecule has 0 saturated heterocycles. The van der Waals surface area contributed by atoms with Gasteiger partial charge in [0.15, 0.2) is 0 Å². The van der Waals surface area contributed by atoms with E-state index in [0.717, 1.165) is 19.3 Å². The molecular formula is C29H58O2. The van der Waals surface area contributed by atoms with Gasteiger partial charge in [0.25, 0.3) is 0 Å². The van der Waals surface area contributed by atoms with Crippen molar-refractivity contribution < 1.29 is 9.53 Å². The maximum absolute atomic E-state index is 12.4. The quantitative estimate of drug-likeness (QED) is 0.105. The van der Waals surface area contributed by atoms with Crippen LogP contribution < -0.4 is 0 Å². The molecule has 2 nitrogen and oxygen atoms in total. The second-order valence-corrected chi connectivity index (χ2v) is 9.80. The lowest BCUT2D eigenvalue weighted by molar-refractivity contribution is -0.150. The molecule has 0 aromatic carbocycles. The molecule has 0 saturated carbocycles. The Morgan fingerprint density at radius 3 is 1.19 bits per heavy atom. The van der Waals surface area contributed by atoms with Gasteiger partial charge < -0.3 is 4.74 Å². The SMILES string of the molecule is CCCCCCCCCCCC(CCCCCCCC)OC(=O)CCCCCCCC. The Bertz CT molecular complexity index is 353. The van der Waals surface area contributed by atoms with Gasteiger partial charge >= 0.3 is 5.97 Å². The molecule has 0 aliphatic heterocycles. The lowest BCUT2D eigenvalue weighted by Gasteiger charge is -2.18. The Kier molecular flexibility index (Phi) is 25.3. The van der Waals surface area contributed by atoms with Crippen LogP contribution in [0.2, 0.25) is 0 Å². The Morgan fingerprint density at radius 1 is 0.484 bits per heavy atom. The smallest absolute Gasteiger partial charge is 0.306 e. The summed E-state index contributed by atoms with van der Waals surface area (Å²) in [5.41, 5.74) is 0. The molecule has 0 aromatic rings. The lowest BCUT2D eigenvalue weighted by Crippen LogP contribution is -2.18. The number of hydrogen-bond acceptors (Lipinski definition) is 2. The van der Waals surface area contributed by atoms with Crippen LogP contribution >= 0.6 is 0 Å². The van der Waals surface area contributed by atoms with E-state index in [9.17, 15) is 4.79 Å². The van der Waals surface area contributed by atoms with Crippen molar-refractivity contribution in [3.05, 3.63) is 0 Å². The van der Waals surface area contributed by atoms with Crippen LogP contribution in [0.3, 0.4) is 0 Å². The molecule has 0 heterocycles. The van der Waals surface area contributed by atoms with Crippen LogP contribution in [-0.2, 0) is 9.53 Å². The number of carbonyl (C=O) groups is 1. The number of unbranched alkanes of at least 4 members (excludes halogenated alkanes) is 18. The summed E-state index contributed by atoms with van der Waals surface area (Å²) in [7, 11) is 0. The molecule has 0 aliphatic carbocycles. The van der Waals surface area contributed by atoms with Crippen molar-refractivity contribution in [2.24, 2.45) is 0 Å². The fourth-order valence-electron chi connectivity index (χ4n) is 4.39. The predicted octanol–water partition coefficient (Wildman–Crippen LogP) is 10.3. The van der Waals surface area contributed by atoms with Gasteiger partial charge in [-0.1, -0.05) is 136 Å². The van der Waals surface area contributed by atoms with E-state index in [0.29, 0.717) is 6.42 Å². The average Bonchev–Trinajstić information content (AvgIpc) is 2.77. The third-order valence-corrected chi connectivity index (χ3v) is 6.54. The first-order chi connectivity index (χ1) is 15.2. The minimum absolute atomic E-state index is 0.0578. The van der Waals surface area contributed by atoms with Crippen LogP contribution in [0.15, 0.2) is 0 Å². The normalized spacial score (nSPS) is 12.2. The zero-order valence-corrected chi connectivity index (χ0v) is 21.9. The zero-order chi connectivity index (χ0) is 22.8. The minimum atomic E-state index is 0.0578. The Labute approximate surface area is 196 Å². The van der Waals surface area contributed by atoms with E-state index in [1.54, 1.807) is 0 Å². The standard InChI is InChI=1S/C29H58O2/c1-4-7-10-13-16-17-18-20-23-26-28(25-22-19-14-11-8-5-2)31-29(30)27-24-21-15-12-9-6-3/h28H,4-27H2,1-3H3. The Hall–Kier alpha value is -0.530. The third kappa shape index (κ3) is 24.0. The molecule has 0 fully saturated rings. The topological polar surface area (TPSA) is 26.3 Å². The van der Waals surface area contributed by atoms with E-state index in [1.807, 2.05) is 0 Å². The molecule has 1 atom stereocenters. The molecule has 31 heavy (non-hydrogen) atoms. The highest BCUT2D eigenvalue weighted by Gasteiger charge is 2.14. The molecule has 0 aromatic heterocycles. The highest BCUT2D eigenvalue weighted by molar-refractivity contribution is 5.69. The van der Waals surface area contributed by atoms with Crippen molar-refractivity contribution >= 4 is 5.97 Å². The molecular weight excluding hydrogens is 380 g/mol. The van der Waals surface area contributed by atoms with Crippen LogP contribution in [0, 0.1) is 0 Å². The molecule has 0 rings (SSSR count). The van der Waals surface area contributed by atoms with E-state index in [1.165, 1.54) is 128 Å².